The molecular formula is C17H19NO5. The van der Waals surface area contributed by atoms with E-state index >= 15 is 0 Å². The summed E-state index contributed by atoms with van der Waals surface area (Å²) in [6, 6.07) is 5.61. The molecule has 0 radical (unpaired) electrons. The molecule has 1 aromatic heterocycles. The summed E-state index contributed by atoms with van der Waals surface area (Å²) in [5.74, 6) is -0.0867. The van der Waals surface area contributed by atoms with Crippen LogP contribution in [0.2, 0.25) is 0 Å². The van der Waals surface area contributed by atoms with Crippen molar-refractivity contribution in [1.29, 1.82) is 0 Å². The lowest BCUT2D eigenvalue weighted by atomic mass is 10.1. The molecule has 23 heavy (non-hydrogen) atoms. The number of amides is 1. The van der Waals surface area contributed by atoms with E-state index in [1.54, 1.807) is 19.1 Å². The topological polar surface area (TPSA) is 77.8 Å². The Labute approximate surface area is 133 Å². The second-order valence-electron chi connectivity index (χ2n) is 5.57. The Kier molecular flexibility index (Phi) is 4.23. The van der Waals surface area contributed by atoms with E-state index in [1.807, 2.05) is 13.0 Å². The molecule has 6 nitrogen and oxygen atoms in total. The first kappa shape index (κ1) is 15.4. The number of fused-ring (bicyclic) bond motifs is 1. The maximum absolute atomic E-state index is 12.1. The minimum absolute atomic E-state index is 0.118. The van der Waals surface area contributed by atoms with Crippen LogP contribution < -0.4 is 10.1 Å². The van der Waals surface area contributed by atoms with Crippen molar-refractivity contribution in [3.63, 3.8) is 0 Å². The summed E-state index contributed by atoms with van der Waals surface area (Å²) in [5.41, 5.74) is 1.26. The third kappa shape index (κ3) is 3.47. The average Bonchev–Trinajstić information content (AvgIpc) is 3.28. The molecule has 2 aromatic rings. The third-order valence-corrected chi connectivity index (χ3v) is 3.68. The largest absolute Gasteiger partial charge is 0.494 e. The molecule has 0 atom stereocenters. The van der Waals surface area contributed by atoms with Crippen molar-refractivity contribution in [1.82, 2.24) is 5.32 Å². The normalized spacial score (nSPS) is 13.8. The first-order chi connectivity index (χ1) is 11.1. The maximum atomic E-state index is 12.1. The number of furan rings is 1. The van der Waals surface area contributed by atoms with Crippen LogP contribution in [0.1, 0.15) is 35.9 Å². The summed E-state index contributed by atoms with van der Waals surface area (Å²) in [6.07, 6.45) is 1.98. The summed E-state index contributed by atoms with van der Waals surface area (Å²) < 4.78 is 16.0. The lowest BCUT2D eigenvalue weighted by Crippen LogP contribution is -2.30. The van der Waals surface area contributed by atoms with Crippen LogP contribution in [0.15, 0.2) is 22.6 Å². The molecule has 1 aromatic carbocycles. The van der Waals surface area contributed by atoms with E-state index in [2.05, 4.69) is 5.32 Å². The molecule has 1 amide bonds. The first-order valence-electron chi connectivity index (χ1n) is 7.71. The molecule has 1 aliphatic carbocycles. The van der Waals surface area contributed by atoms with Gasteiger partial charge in [0.25, 0.3) is 5.91 Å². The van der Waals surface area contributed by atoms with Crippen molar-refractivity contribution >= 4 is 22.8 Å². The highest BCUT2D eigenvalue weighted by atomic mass is 16.5. The van der Waals surface area contributed by atoms with E-state index in [1.165, 1.54) is 0 Å². The molecule has 0 unspecified atom stereocenters. The highest BCUT2D eigenvalue weighted by molar-refractivity contribution is 5.97. The molecule has 0 bridgehead atoms. The van der Waals surface area contributed by atoms with E-state index in [0.717, 1.165) is 18.2 Å². The number of ether oxygens (including phenoxy) is 2. The second kappa shape index (κ2) is 6.32. The van der Waals surface area contributed by atoms with E-state index in [0.29, 0.717) is 23.5 Å². The molecule has 6 heteroatoms. The molecule has 1 aliphatic rings. The van der Waals surface area contributed by atoms with Gasteiger partial charge in [0.1, 0.15) is 11.3 Å². The number of aryl methyl sites for hydroxylation is 1. The molecule has 1 fully saturated rings. The molecule has 0 aliphatic heterocycles. The highest BCUT2D eigenvalue weighted by Crippen LogP contribution is 2.29. The molecule has 1 heterocycles. The SMILES string of the molecule is CCOc1ccc2oc(C(=O)OCC(=O)NC3CC3)c(C)c2c1. The number of hydrogen-bond donors (Lipinski definition) is 1. The lowest BCUT2D eigenvalue weighted by molar-refractivity contribution is -0.124. The minimum Gasteiger partial charge on any atom is -0.494 e. The zero-order valence-corrected chi connectivity index (χ0v) is 13.2. The van der Waals surface area contributed by atoms with E-state index in [9.17, 15) is 9.59 Å². The van der Waals surface area contributed by atoms with Crippen LogP contribution in [0.25, 0.3) is 11.0 Å². The molecule has 1 saturated carbocycles. The molecule has 0 saturated heterocycles. The van der Waals surface area contributed by atoms with Gasteiger partial charge < -0.3 is 19.2 Å². The van der Waals surface area contributed by atoms with Gasteiger partial charge in [-0.2, -0.15) is 0 Å². The fourth-order valence-electron chi connectivity index (χ4n) is 2.34. The Hall–Kier alpha value is -2.50. The standard InChI is InChI=1S/C17H19NO5/c1-3-21-12-6-7-14-13(8-12)10(2)16(23-14)17(20)22-9-15(19)18-11-4-5-11/h6-8,11H,3-5,9H2,1-2H3,(H,18,19). The number of esters is 1. The van der Waals surface area contributed by atoms with Gasteiger partial charge in [0.2, 0.25) is 5.76 Å². The van der Waals surface area contributed by atoms with Crippen LogP contribution >= 0.6 is 0 Å². The summed E-state index contributed by atoms with van der Waals surface area (Å²) in [5, 5.41) is 3.56. The number of nitrogens with one attached hydrogen (secondary N) is 1. The summed E-state index contributed by atoms with van der Waals surface area (Å²) in [4.78, 5) is 23.7. The number of carbonyl (C=O) groups is 2. The van der Waals surface area contributed by atoms with Gasteiger partial charge in [-0.1, -0.05) is 0 Å². The number of benzene rings is 1. The van der Waals surface area contributed by atoms with Gasteiger partial charge in [0.05, 0.1) is 6.61 Å². The van der Waals surface area contributed by atoms with Crippen LogP contribution in [0.4, 0.5) is 0 Å². The molecule has 1 N–H and O–H groups in total. The van der Waals surface area contributed by atoms with Crippen molar-refractivity contribution in [3.8, 4) is 5.75 Å². The highest BCUT2D eigenvalue weighted by Gasteiger charge is 2.25. The van der Waals surface area contributed by atoms with Crippen LogP contribution in [0.5, 0.6) is 5.75 Å². The van der Waals surface area contributed by atoms with Gasteiger partial charge in [0.15, 0.2) is 6.61 Å². The fraction of sp³-hybridized carbons (Fsp3) is 0.412. The van der Waals surface area contributed by atoms with Crippen molar-refractivity contribution in [3.05, 3.63) is 29.5 Å². The summed E-state index contributed by atoms with van der Waals surface area (Å²) >= 11 is 0. The Bertz CT molecular complexity index is 745. The quantitative estimate of drug-likeness (QED) is 0.829. The predicted octanol–water partition coefficient (Wildman–Crippen LogP) is 2.58. The number of hydrogen-bond acceptors (Lipinski definition) is 5. The lowest BCUT2D eigenvalue weighted by Gasteiger charge is -2.04. The van der Waals surface area contributed by atoms with Crippen molar-refractivity contribution in [2.24, 2.45) is 0 Å². The maximum Gasteiger partial charge on any atom is 0.375 e. The van der Waals surface area contributed by atoms with Gasteiger partial charge in [0, 0.05) is 17.0 Å². The number of rotatable bonds is 6. The molecule has 3 rings (SSSR count). The second-order valence-corrected chi connectivity index (χ2v) is 5.57. The van der Waals surface area contributed by atoms with E-state index in [-0.39, 0.29) is 24.3 Å². The Morgan fingerprint density at radius 3 is 2.83 bits per heavy atom. The predicted molar refractivity (Wildman–Crippen MR) is 83.6 cm³/mol. The zero-order chi connectivity index (χ0) is 16.4. The third-order valence-electron chi connectivity index (χ3n) is 3.68. The van der Waals surface area contributed by atoms with Gasteiger partial charge >= 0.3 is 5.97 Å². The monoisotopic (exact) mass is 317 g/mol. The van der Waals surface area contributed by atoms with Crippen molar-refractivity contribution in [2.75, 3.05) is 13.2 Å². The summed E-state index contributed by atoms with van der Waals surface area (Å²) in [7, 11) is 0. The minimum atomic E-state index is -0.636. The first-order valence-corrected chi connectivity index (χ1v) is 7.71. The fourth-order valence-corrected chi connectivity index (χ4v) is 2.34. The number of carbonyl (C=O) groups excluding carboxylic acids is 2. The summed E-state index contributed by atoms with van der Waals surface area (Å²) in [6.45, 7) is 3.95. The zero-order valence-electron chi connectivity index (χ0n) is 13.2. The van der Waals surface area contributed by atoms with Crippen molar-refractivity contribution in [2.45, 2.75) is 32.7 Å². The van der Waals surface area contributed by atoms with Crippen LogP contribution in [-0.2, 0) is 9.53 Å². The van der Waals surface area contributed by atoms with Crippen LogP contribution in [0, 0.1) is 6.92 Å². The van der Waals surface area contributed by atoms with Crippen LogP contribution in [-0.4, -0.2) is 31.1 Å². The Morgan fingerprint density at radius 1 is 1.35 bits per heavy atom. The van der Waals surface area contributed by atoms with E-state index < -0.39 is 5.97 Å². The Morgan fingerprint density at radius 2 is 2.13 bits per heavy atom. The molecular weight excluding hydrogens is 298 g/mol. The van der Waals surface area contributed by atoms with Gasteiger partial charge in [-0.05, 0) is 44.9 Å². The van der Waals surface area contributed by atoms with Gasteiger partial charge in [-0.3, -0.25) is 4.79 Å². The average molecular weight is 317 g/mol. The van der Waals surface area contributed by atoms with Gasteiger partial charge in [-0.15, -0.1) is 0 Å². The smallest absolute Gasteiger partial charge is 0.375 e. The van der Waals surface area contributed by atoms with Crippen LogP contribution in [0.3, 0.4) is 0 Å². The Balaban J connectivity index is 1.71. The van der Waals surface area contributed by atoms with Crippen molar-refractivity contribution < 1.29 is 23.5 Å². The molecule has 122 valence electrons. The van der Waals surface area contributed by atoms with Gasteiger partial charge in [-0.25, -0.2) is 4.79 Å². The van der Waals surface area contributed by atoms with E-state index in [4.69, 9.17) is 13.9 Å². The molecule has 0 spiro atoms.